The van der Waals surface area contributed by atoms with Gasteiger partial charge < -0.3 is 14.3 Å². The summed E-state index contributed by atoms with van der Waals surface area (Å²) in [5.41, 5.74) is 3.54. The summed E-state index contributed by atoms with van der Waals surface area (Å²) in [4.78, 5) is 4.50. The van der Waals surface area contributed by atoms with Crippen molar-refractivity contribution in [1.82, 2.24) is 4.98 Å². The fraction of sp³-hybridized carbons (Fsp3) is 0.357. The Labute approximate surface area is 195 Å². The van der Waals surface area contributed by atoms with Gasteiger partial charge in [-0.05, 0) is 41.8 Å². The first kappa shape index (κ1) is 21.6. The summed E-state index contributed by atoms with van der Waals surface area (Å²) in [6.07, 6.45) is 5.32. The van der Waals surface area contributed by atoms with E-state index >= 15 is 0 Å². The van der Waals surface area contributed by atoms with E-state index in [-0.39, 0.29) is 6.04 Å². The monoisotopic (exact) mass is 440 g/mol. The highest BCUT2D eigenvalue weighted by molar-refractivity contribution is 5.83. The molecule has 0 radical (unpaired) electrons. The SMILES string of the molecule is C=C[C@H]1C[N@@+]2(Cc3ccccc3C#N)CC[C@H]1C[C@H]2[C@H](O)c1ccnc2ccc(OC)cc12. The van der Waals surface area contributed by atoms with E-state index in [0.717, 1.165) is 70.3 Å². The van der Waals surface area contributed by atoms with Crippen LogP contribution in [0.1, 0.15) is 35.6 Å². The molecule has 3 aromatic rings. The summed E-state index contributed by atoms with van der Waals surface area (Å²) in [6.45, 7) is 6.81. The number of pyridine rings is 1. The number of fused-ring (bicyclic) bond motifs is 4. The first-order valence-corrected chi connectivity index (χ1v) is 11.7. The molecule has 0 amide bonds. The molecule has 6 rings (SSSR count). The van der Waals surface area contributed by atoms with Crippen LogP contribution >= 0.6 is 0 Å². The molecule has 1 aromatic heterocycles. The number of nitrogens with zero attached hydrogens (tertiary/aromatic N) is 3. The van der Waals surface area contributed by atoms with Gasteiger partial charge in [-0.2, -0.15) is 5.26 Å². The Kier molecular flexibility index (Phi) is 5.65. The summed E-state index contributed by atoms with van der Waals surface area (Å²) in [6, 6.07) is 18.0. The molecule has 2 bridgehead atoms. The molecule has 4 heterocycles. The van der Waals surface area contributed by atoms with Crippen LogP contribution in [0.4, 0.5) is 0 Å². The number of methoxy groups -OCH3 is 1. The predicted molar refractivity (Wildman–Crippen MR) is 128 cm³/mol. The van der Waals surface area contributed by atoms with E-state index in [0.29, 0.717) is 11.8 Å². The van der Waals surface area contributed by atoms with Crippen LogP contribution in [0.5, 0.6) is 5.75 Å². The first-order chi connectivity index (χ1) is 16.1. The van der Waals surface area contributed by atoms with Gasteiger partial charge in [-0.25, -0.2) is 0 Å². The van der Waals surface area contributed by atoms with Crippen molar-refractivity contribution < 1.29 is 14.3 Å². The molecule has 0 unspecified atom stereocenters. The van der Waals surface area contributed by atoms with Crippen LogP contribution in [-0.2, 0) is 6.54 Å². The average Bonchev–Trinajstić information content (AvgIpc) is 2.87. The maximum Gasteiger partial charge on any atom is 0.131 e. The van der Waals surface area contributed by atoms with E-state index in [1.165, 1.54) is 0 Å². The second kappa shape index (κ2) is 8.62. The van der Waals surface area contributed by atoms with Crippen LogP contribution < -0.4 is 4.74 Å². The highest BCUT2D eigenvalue weighted by atomic mass is 16.5. The lowest BCUT2D eigenvalue weighted by Crippen LogP contribution is -2.67. The Morgan fingerprint density at radius 1 is 1.30 bits per heavy atom. The van der Waals surface area contributed by atoms with Gasteiger partial charge in [-0.3, -0.25) is 4.98 Å². The van der Waals surface area contributed by atoms with Gasteiger partial charge in [0.2, 0.25) is 0 Å². The van der Waals surface area contributed by atoms with Gasteiger partial charge in [0.25, 0.3) is 0 Å². The second-order valence-electron chi connectivity index (χ2n) is 9.53. The van der Waals surface area contributed by atoms with Gasteiger partial charge in [0.1, 0.15) is 24.4 Å². The summed E-state index contributed by atoms with van der Waals surface area (Å²) < 4.78 is 6.23. The summed E-state index contributed by atoms with van der Waals surface area (Å²) in [7, 11) is 1.65. The van der Waals surface area contributed by atoms with Crippen molar-refractivity contribution in [3.63, 3.8) is 0 Å². The zero-order valence-corrected chi connectivity index (χ0v) is 19.0. The normalized spacial score (nSPS) is 27.1. The summed E-state index contributed by atoms with van der Waals surface area (Å²) >= 11 is 0. The van der Waals surface area contributed by atoms with Crippen molar-refractivity contribution in [3.05, 3.63) is 84.1 Å². The maximum absolute atomic E-state index is 11.9. The molecule has 33 heavy (non-hydrogen) atoms. The van der Waals surface area contributed by atoms with Crippen LogP contribution in [0, 0.1) is 23.2 Å². The van der Waals surface area contributed by atoms with E-state index in [2.05, 4.69) is 29.8 Å². The fourth-order valence-corrected chi connectivity index (χ4v) is 6.23. The minimum atomic E-state index is -0.634. The third-order valence-corrected chi connectivity index (χ3v) is 7.96. The Morgan fingerprint density at radius 3 is 2.94 bits per heavy atom. The van der Waals surface area contributed by atoms with Gasteiger partial charge in [-0.1, -0.05) is 24.3 Å². The molecule has 3 aliphatic heterocycles. The van der Waals surface area contributed by atoms with Crippen molar-refractivity contribution in [3.8, 4) is 11.8 Å². The standard InChI is InChI=1S/C28H30N3O2/c1-3-19-17-31(18-22-7-5-4-6-21(22)16-29)13-11-20(19)14-27(31)28(32)24-10-12-30-26-9-8-23(33-2)15-25(24)26/h3-10,12,15,19-20,27-28,32H,1,11,13-14,17-18H2,2H3/q+1/t19-,20-,27-,28+,31+/m0/s1. The average molecular weight is 441 g/mol. The number of piperidine rings is 3. The summed E-state index contributed by atoms with van der Waals surface area (Å²) in [5, 5.41) is 22.5. The Bertz CT molecular complexity index is 1230. The van der Waals surface area contributed by atoms with Gasteiger partial charge >= 0.3 is 0 Å². The minimum Gasteiger partial charge on any atom is -0.497 e. The highest BCUT2D eigenvalue weighted by Crippen LogP contribution is 2.48. The van der Waals surface area contributed by atoms with Crippen LogP contribution in [-0.4, -0.2) is 40.8 Å². The van der Waals surface area contributed by atoms with E-state index in [4.69, 9.17) is 4.74 Å². The fourth-order valence-electron chi connectivity index (χ4n) is 6.23. The predicted octanol–water partition coefficient (Wildman–Crippen LogP) is 4.76. The van der Waals surface area contributed by atoms with Crippen LogP contribution in [0.15, 0.2) is 67.4 Å². The van der Waals surface area contributed by atoms with Gasteiger partial charge in [0.15, 0.2) is 0 Å². The van der Waals surface area contributed by atoms with Crippen LogP contribution in [0.2, 0.25) is 0 Å². The van der Waals surface area contributed by atoms with Crippen molar-refractivity contribution in [2.75, 3.05) is 20.2 Å². The van der Waals surface area contributed by atoms with Gasteiger partial charge in [-0.15, -0.1) is 6.58 Å². The molecular formula is C28H30N3O2+. The van der Waals surface area contributed by atoms with E-state index in [9.17, 15) is 10.4 Å². The molecule has 5 atom stereocenters. The molecule has 5 heteroatoms. The number of quaternary nitrogens is 1. The van der Waals surface area contributed by atoms with Crippen LogP contribution in [0.25, 0.3) is 10.9 Å². The third-order valence-electron chi connectivity index (χ3n) is 7.96. The third kappa shape index (κ3) is 3.70. The zero-order chi connectivity index (χ0) is 23.0. The van der Waals surface area contributed by atoms with Crippen LogP contribution in [0.3, 0.4) is 0 Å². The second-order valence-corrected chi connectivity index (χ2v) is 9.53. The molecule has 2 aromatic carbocycles. The number of aliphatic hydroxyl groups excluding tert-OH is 1. The number of hydrogen-bond donors (Lipinski definition) is 1. The van der Waals surface area contributed by atoms with Gasteiger partial charge in [0.05, 0.1) is 37.3 Å². The number of benzene rings is 2. The zero-order valence-electron chi connectivity index (χ0n) is 19.0. The lowest BCUT2D eigenvalue weighted by molar-refractivity contribution is -0.985. The molecule has 0 aliphatic carbocycles. The maximum atomic E-state index is 11.9. The Hall–Kier alpha value is -3.20. The smallest absolute Gasteiger partial charge is 0.131 e. The molecule has 5 nitrogen and oxygen atoms in total. The topological polar surface area (TPSA) is 66.1 Å². The first-order valence-electron chi connectivity index (χ1n) is 11.7. The lowest BCUT2D eigenvalue weighted by Gasteiger charge is -2.58. The number of nitriles is 1. The summed E-state index contributed by atoms with van der Waals surface area (Å²) in [5.74, 6) is 1.73. The largest absolute Gasteiger partial charge is 0.497 e. The lowest BCUT2D eigenvalue weighted by atomic mass is 9.71. The molecule has 168 valence electrons. The van der Waals surface area contributed by atoms with E-state index in [1.807, 2.05) is 42.5 Å². The molecule has 1 N–H and O–H groups in total. The Morgan fingerprint density at radius 2 is 2.15 bits per heavy atom. The van der Waals surface area contributed by atoms with E-state index in [1.54, 1.807) is 13.3 Å². The molecule has 3 saturated heterocycles. The highest BCUT2D eigenvalue weighted by Gasteiger charge is 2.54. The minimum absolute atomic E-state index is 0.0449. The molecular weight excluding hydrogens is 410 g/mol. The van der Waals surface area contributed by atoms with Crippen molar-refractivity contribution in [2.24, 2.45) is 11.8 Å². The number of aliphatic hydroxyl groups is 1. The molecule has 0 saturated carbocycles. The van der Waals surface area contributed by atoms with Crippen molar-refractivity contribution in [2.45, 2.75) is 31.5 Å². The number of rotatable bonds is 6. The number of hydrogen-bond acceptors (Lipinski definition) is 4. The van der Waals surface area contributed by atoms with Crippen molar-refractivity contribution >= 4 is 10.9 Å². The number of ether oxygens (including phenoxy) is 1. The van der Waals surface area contributed by atoms with Crippen molar-refractivity contribution in [1.29, 1.82) is 5.26 Å². The molecule has 0 spiro atoms. The Balaban J connectivity index is 1.58. The quantitative estimate of drug-likeness (QED) is 0.443. The van der Waals surface area contributed by atoms with Gasteiger partial charge in [0, 0.05) is 35.9 Å². The molecule has 3 aliphatic rings. The number of aromatic nitrogens is 1. The van der Waals surface area contributed by atoms with E-state index < -0.39 is 6.10 Å². The molecule has 3 fully saturated rings.